The highest BCUT2D eigenvalue weighted by atomic mass is 79.9. The van der Waals surface area contributed by atoms with Crippen molar-refractivity contribution in [1.82, 2.24) is 5.32 Å². The molecule has 1 atom stereocenters. The van der Waals surface area contributed by atoms with Crippen LogP contribution in [-0.2, 0) is 9.59 Å². The first-order chi connectivity index (χ1) is 8.54. The molecule has 1 unspecified atom stereocenters. The standard InChI is InChI=1S/C13H16BrNO3/c1-2-3-4-11(16)15-12(13(17)18)9-5-7-10(14)8-6-9/h5-8,12H,2-4H2,1H3,(H,15,16)(H,17,18). The number of nitrogens with one attached hydrogen (secondary N) is 1. The van der Waals surface area contributed by atoms with Crippen LogP contribution in [0.25, 0.3) is 0 Å². The molecular weight excluding hydrogens is 298 g/mol. The zero-order chi connectivity index (χ0) is 13.5. The van der Waals surface area contributed by atoms with Gasteiger partial charge < -0.3 is 10.4 Å². The summed E-state index contributed by atoms with van der Waals surface area (Å²) in [5, 5.41) is 11.7. The molecule has 1 aromatic carbocycles. The van der Waals surface area contributed by atoms with Crippen LogP contribution in [0.15, 0.2) is 28.7 Å². The van der Waals surface area contributed by atoms with Crippen LogP contribution in [0.3, 0.4) is 0 Å². The van der Waals surface area contributed by atoms with Gasteiger partial charge in [0, 0.05) is 10.9 Å². The van der Waals surface area contributed by atoms with Gasteiger partial charge in [-0.1, -0.05) is 41.4 Å². The molecule has 1 rings (SSSR count). The van der Waals surface area contributed by atoms with Crippen LogP contribution in [0.2, 0.25) is 0 Å². The lowest BCUT2D eigenvalue weighted by molar-refractivity contribution is -0.142. The van der Waals surface area contributed by atoms with Crippen molar-refractivity contribution in [3.05, 3.63) is 34.3 Å². The van der Waals surface area contributed by atoms with E-state index in [4.69, 9.17) is 5.11 Å². The van der Waals surface area contributed by atoms with Gasteiger partial charge in [0.15, 0.2) is 6.04 Å². The van der Waals surface area contributed by atoms with E-state index in [1.165, 1.54) is 0 Å². The fraction of sp³-hybridized carbons (Fsp3) is 0.385. The number of hydrogen-bond acceptors (Lipinski definition) is 2. The molecule has 0 aliphatic carbocycles. The lowest BCUT2D eigenvalue weighted by Gasteiger charge is -2.14. The van der Waals surface area contributed by atoms with Crippen molar-refractivity contribution in [2.75, 3.05) is 0 Å². The monoisotopic (exact) mass is 313 g/mol. The largest absolute Gasteiger partial charge is 0.479 e. The van der Waals surface area contributed by atoms with E-state index in [1.807, 2.05) is 6.92 Å². The zero-order valence-corrected chi connectivity index (χ0v) is 11.7. The molecule has 0 spiro atoms. The molecule has 0 aromatic heterocycles. The summed E-state index contributed by atoms with van der Waals surface area (Å²) < 4.78 is 0.868. The second kappa shape index (κ2) is 7.16. The van der Waals surface area contributed by atoms with Gasteiger partial charge >= 0.3 is 5.97 Å². The van der Waals surface area contributed by atoms with Gasteiger partial charge in [0.2, 0.25) is 5.91 Å². The van der Waals surface area contributed by atoms with Crippen LogP contribution in [0.4, 0.5) is 0 Å². The summed E-state index contributed by atoms with van der Waals surface area (Å²) in [6.07, 6.45) is 2.03. The number of carbonyl (C=O) groups excluding carboxylic acids is 1. The average Bonchev–Trinajstić information content (AvgIpc) is 2.34. The lowest BCUT2D eigenvalue weighted by Crippen LogP contribution is -2.33. The van der Waals surface area contributed by atoms with Gasteiger partial charge in [-0.3, -0.25) is 4.79 Å². The fourth-order valence-electron chi connectivity index (χ4n) is 1.51. The molecule has 5 heteroatoms. The van der Waals surface area contributed by atoms with Crippen molar-refractivity contribution in [3.63, 3.8) is 0 Å². The molecule has 1 amide bonds. The summed E-state index contributed by atoms with van der Waals surface area (Å²) in [5.74, 6) is -1.28. The highest BCUT2D eigenvalue weighted by Gasteiger charge is 2.21. The molecule has 0 saturated heterocycles. The number of rotatable bonds is 6. The molecule has 0 radical (unpaired) electrons. The Hall–Kier alpha value is -1.36. The average molecular weight is 314 g/mol. The van der Waals surface area contributed by atoms with Gasteiger partial charge in [0.1, 0.15) is 0 Å². The van der Waals surface area contributed by atoms with Crippen molar-refractivity contribution in [2.45, 2.75) is 32.2 Å². The number of benzene rings is 1. The summed E-state index contributed by atoms with van der Waals surface area (Å²) in [6, 6.07) is 5.89. The summed E-state index contributed by atoms with van der Waals surface area (Å²) >= 11 is 3.28. The molecule has 0 aliphatic rings. The van der Waals surface area contributed by atoms with Gasteiger partial charge in [-0.2, -0.15) is 0 Å². The Morgan fingerprint density at radius 1 is 1.33 bits per heavy atom. The van der Waals surface area contributed by atoms with E-state index in [2.05, 4.69) is 21.2 Å². The maximum Gasteiger partial charge on any atom is 0.330 e. The molecule has 0 fully saturated rings. The third-order valence-electron chi connectivity index (χ3n) is 2.51. The van der Waals surface area contributed by atoms with Gasteiger partial charge in [-0.25, -0.2) is 4.79 Å². The van der Waals surface area contributed by atoms with E-state index in [0.717, 1.165) is 17.3 Å². The zero-order valence-electron chi connectivity index (χ0n) is 10.1. The number of carboxylic acid groups (broad SMARTS) is 1. The number of amides is 1. The number of carboxylic acids is 1. The van der Waals surface area contributed by atoms with E-state index < -0.39 is 12.0 Å². The first-order valence-corrected chi connectivity index (χ1v) is 6.61. The van der Waals surface area contributed by atoms with Crippen LogP contribution in [0, 0.1) is 0 Å². The minimum atomic E-state index is -1.05. The van der Waals surface area contributed by atoms with Crippen molar-refractivity contribution in [1.29, 1.82) is 0 Å². The number of unbranched alkanes of at least 4 members (excludes halogenated alkanes) is 1. The van der Waals surface area contributed by atoms with Gasteiger partial charge in [0.05, 0.1) is 0 Å². The number of carbonyl (C=O) groups is 2. The van der Waals surface area contributed by atoms with E-state index >= 15 is 0 Å². The van der Waals surface area contributed by atoms with Crippen LogP contribution >= 0.6 is 15.9 Å². The van der Waals surface area contributed by atoms with Crippen LogP contribution in [-0.4, -0.2) is 17.0 Å². The molecule has 0 aliphatic heterocycles. The quantitative estimate of drug-likeness (QED) is 0.848. The SMILES string of the molecule is CCCCC(=O)NC(C(=O)O)c1ccc(Br)cc1. The molecular formula is C13H16BrNO3. The van der Waals surface area contributed by atoms with Gasteiger partial charge in [-0.15, -0.1) is 0 Å². The maximum absolute atomic E-state index is 11.6. The van der Waals surface area contributed by atoms with Crippen LogP contribution in [0.5, 0.6) is 0 Å². The van der Waals surface area contributed by atoms with Gasteiger partial charge in [-0.05, 0) is 24.1 Å². The third-order valence-corrected chi connectivity index (χ3v) is 3.04. The summed E-state index contributed by atoms with van der Waals surface area (Å²) in [7, 11) is 0. The number of hydrogen-bond donors (Lipinski definition) is 2. The molecule has 2 N–H and O–H groups in total. The van der Waals surface area contributed by atoms with Crippen molar-refractivity contribution in [3.8, 4) is 0 Å². The highest BCUT2D eigenvalue weighted by Crippen LogP contribution is 2.17. The fourth-order valence-corrected chi connectivity index (χ4v) is 1.78. The Morgan fingerprint density at radius 2 is 1.94 bits per heavy atom. The molecule has 4 nitrogen and oxygen atoms in total. The minimum absolute atomic E-state index is 0.229. The Labute approximate surface area is 115 Å². The Bertz CT molecular complexity index is 417. The summed E-state index contributed by atoms with van der Waals surface area (Å²) in [6.45, 7) is 1.98. The van der Waals surface area contributed by atoms with Crippen molar-refractivity contribution >= 4 is 27.8 Å². The van der Waals surface area contributed by atoms with E-state index in [-0.39, 0.29) is 5.91 Å². The topological polar surface area (TPSA) is 66.4 Å². The maximum atomic E-state index is 11.6. The molecule has 98 valence electrons. The van der Waals surface area contributed by atoms with E-state index in [9.17, 15) is 9.59 Å². The minimum Gasteiger partial charge on any atom is -0.479 e. The second-order valence-corrected chi connectivity index (χ2v) is 4.91. The normalized spacial score (nSPS) is 11.9. The Morgan fingerprint density at radius 3 is 2.44 bits per heavy atom. The molecule has 1 aromatic rings. The van der Waals surface area contributed by atoms with E-state index in [1.54, 1.807) is 24.3 Å². The first-order valence-electron chi connectivity index (χ1n) is 5.82. The Balaban J connectivity index is 2.74. The molecule has 0 saturated carbocycles. The predicted molar refractivity (Wildman–Crippen MR) is 72.2 cm³/mol. The molecule has 18 heavy (non-hydrogen) atoms. The lowest BCUT2D eigenvalue weighted by atomic mass is 10.1. The third kappa shape index (κ3) is 4.49. The summed E-state index contributed by atoms with van der Waals surface area (Å²) in [5.41, 5.74) is 0.565. The smallest absolute Gasteiger partial charge is 0.330 e. The molecule has 0 bridgehead atoms. The highest BCUT2D eigenvalue weighted by molar-refractivity contribution is 9.10. The van der Waals surface area contributed by atoms with E-state index in [0.29, 0.717) is 12.0 Å². The predicted octanol–water partition coefficient (Wildman–Crippen LogP) is 2.88. The Kier molecular flexibility index (Phi) is 5.85. The summed E-state index contributed by atoms with van der Waals surface area (Å²) in [4.78, 5) is 22.7. The van der Waals surface area contributed by atoms with Crippen molar-refractivity contribution < 1.29 is 14.7 Å². The van der Waals surface area contributed by atoms with Crippen LogP contribution in [0.1, 0.15) is 37.8 Å². The number of aliphatic carboxylic acids is 1. The van der Waals surface area contributed by atoms with Crippen LogP contribution < -0.4 is 5.32 Å². The molecule has 0 heterocycles. The van der Waals surface area contributed by atoms with Crippen molar-refractivity contribution in [2.24, 2.45) is 0 Å². The first kappa shape index (κ1) is 14.7. The van der Waals surface area contributed by atoms with Gasteiger partial charge in [0.25, 0.3) is 0 Å². The second-order valence-electron chi connectivity index (χ2n) is 3.99. The number of halogens is 1.